The number of aryl methyl sites for hydroxylation is 1. The molecular weight excluding hydrogens is 428 g/mol. The molecule has 0 amide bonds. The van der Waals surface area contributed by atoms with E-state index in [-0.39, 0.29) is 25.4 Å². The lowest BCUT2D eigenvalue weighted by Gasteiger charge is -2.25. The van der Waals surface area contributed by atoms with Crippen molar-refractivity contribution in [2.24, 2.45) is 0 Å². The van der Waals surface area contributed by atoms with E-state index >= 15 is 0 Å². The lowest BCUT2D eigenvalue weighted by molar-refractivity contribution is -0.146. The predicted molar refractivity (Wildman–Crippen MR) is 117 cm³/mol. The van der Waals surface area contributed by atoms with Gasteiger partial charge in [0, 0.05) is 31.2 Å². The number of carboxylic acids is 1. The van der Waals surface area contributed by atoms with Gasteiger partial charge in [-0.05, 0) is 56.4 Å². The van der Waals surface area contributed by atoms with Crippen molar-refractivity contribution in [3.8, 4) is 11.5 Å². The van der Waals surface area contributed by atoms with Crippen molar-refractivity contribution in [2.75, 3.05) is 13.2 Å². The standard InChI is InChI=1S/C24H30N2O7/c1-15-11-21(32-14-17-7-8-25-23(26-17)19-5-4-10-30-19)16(12-18(27)24(28)29)13-20(15)33-22-6-2-3-9-31-22/h7-8,11,13,18-19,22,27H,2-6,9-10,12,14H2,1H3,(H,28,29)/t18?,19-,22?/m0/s1. The Hall–Kier alpha value is -2.75. The Kier molecular flexibility index (Phi) is 7.74. The van der Waals surface area contributed by atoms with E-state index in [2.05, 4.69) is 9.97 Å². The summed E-state index contributed by atoms with van der Waals surface area (Å²) in [5, 5.41) is 19.2. The van der Waals surface area contributed by atoms with Crippen LogP contribution in [0, 0.1) is 6.92 Å². The highest BCUT2D eigenvalue weighted by molar-refractivity contribution is 5.72. The number of benzene rings is 1. The molecule has 2 unspecified atom stereocenters. The minimum atomic E-state index is -1.56. The third-order valence-electron chi connectivity index (χ3n) is 5.78. The SMILES string of the molecule is Cc1cc(OCc2ccnc([C@@H]3CCCO3)n2)c(CC(O)C(=O)O)cc1OC1CCCCO1. The van der Waals surface area contributed by atoms with E-state index in [1.165, 1.54) is 0 Å². The quantitative estimate of drug-likeness (QED) is 0.584. The molecule has 4 rings (SSSR count). The summed E-state index contributed by atoms with van der Waals surface area (Å²) in [4.78, 5) is 20.1. The van der Waals surface area contributed by atoms with Gasteiger partial charge >= 0.3 is 5.97 Å². The number of hydrogen-bond donors (Lipinski definition) is 2. The first-order valence-electron chi connectivity index (χ1n) is 11.4. The van der Waals surface area contributed by atoms with Gasteiger partial charge in [0.05, 0.1) is 12.3 Å². The fourth-order valence-electron chi connectivity index (χ4n) is 3.95. The molecular formula is C24H30N2O7. The van der Waals surface area contributed by atoms with Gasteiger partial charge in [-0.1, -0.05) is 0 Å². The van der Waals surface area contributed by atoms with Crippen LogP contribution in [-0.2, 0) is 27.3 Å². The van der Waals surface area contributed by atoms with Gasteiger partial charge in [-0.2, -0.15) is 0 Å². The molecule has 0 saturated carbocycles. The highest BCUT2D eigenvalue weighted by atomic mass is 16.7. The first-order valence-corrected chi connectivity index (χ1v) is 11.4. The zero-order valence-electron chi connectivity index (χ0n) is 18.7. The minimum Gasteiger partial charge on any atom is -0.487 e. The Balaban J connectivity index is 1.52. The van der Waals surface area contributed by atoms with E-state index in [1.807, 2.05) is 6.92 Å². The summed E-state index contributed by atoms with van der Waals surface area (Å²) < 4.78 is 23.4. The van der Waals surface area contributed by atoms with Gasteiger partial charge in [0.1, 0.15) is 24.2 Å². The Morgan fingerprint density at radius 1 is 1.18 bits per heavy atom. The van der Waals surface area contributed by atoms with Crippen LogP contribution in [0.15, 0.2) is 24.4 Å². The molecule has 33 heavy (non-hydrogen) atoms. The van der Waals surface area contributed by atoms with Crippen LogP contribution < -0.4 is 9.47 Å². The van der Waals surface area contributed by atoms with Gasteiger partial charge in [0.15, 0.2) is 18.2 Å². The minimum absolute atomic E-state index is 0.0908. The number of aromatic nitrogens is 2. The molecule has 1 aromatic carbocycles. The van der Waals surface area contributed by atoms with Gasteiger partial charge in [0.25, 0.3) is 0 Å². The molecule has 3 heterocycles. The largest absolute Gasteiger partial charge is 0.487 e. The summed E-state index contributed by atoms with van der Waals surface area (Å²) in [6, 6.07) is 5.30. The van der Waals surface area contributed by atoms with E-state index in [1.54, 1.807) is 24.4 Å². The summed E-state index contributed by atoms with van der Waals surface area (Å²) >= 11 is 0. The Morgan fingerprint density at radius 2 is 2.03 bits per heavy atom. The lowest BCUT2D eigenvalue weighted by atomic mass is 10.0. The maximum atomic E-state index is 11.3. The van der Waals surface area contributed by atoms with Crippen molar-refractivity contribution in [2.45, 2.75) is 70.6 Å². The third kappa shape index (κ3) is 6.19. The summed E-state index contributed by atoms with van der Waals surface area (Å²) in [5.41, 5.74) is 2.05. The fraction of sp³-hybridized carbons (Fsp3) is 0.542. The molecule has 2 aliphatic heterocycles. The van der Waals surface area contributed by atoms with Crippen molar-refractivity contribution in [3.63, 3.8) is 0 Å². The van der Waals surface area contributed by atoms with Crippen LogP contribution in [-0.4, -0.2) is 51.8 Å². The summed E-state index contributed by atoms with van der Waals surface area (Å²) in [5.74, 6) is 0.408. The molecule has 2 fully saturated rings. The Labute approximate surface area is 192 Å². The second-order valence-electron chi connectivity index (χ2n) is 8.39. The molecule has 9 heteroatoms. The molecule has 9 nitrogen and oxygen atoms in total. The number of rotatable bonds is 9. The zero-order valence-corrected chi connectivity index (χ0v) is 18.7. The topological polar surface area (TPSA) is 120 Å². The van der Waals surface area contributed by atoms with Gasteiger partial charge in [-0.25, -0.2) is 14.8 Å². The van der Waals surface area contributed by atoms with Crippen LogP contribution >= 0.6 is 0 Å². The first kappa shape index (κ1) is 23.4. The third-order valence-corrected chi connectivity index (χ3v) is 5.78. The number of aliphatic hydroxyl groups excluding tert-OH is 1. The van der Waals surface area contributed by atoms with Crippen LogP contribution in [0.2, 0.25) is 0 Å². The zero-order chi connectivity index (χ0) is 23.2. The molecule has 2 aromatic rings. The summed E-state index contributed by atoms with van der Waals surface area (Å²) in [6.45, 7) is 3.43. The number of carboxylic acid groups (broad SMARTS) is 1. The van der Waals surface area contributed by atoms with Crippen LogP contribution in [0.25, 0.3) is 0 Å². The monoisotopic (exact) mass is 458 g/mol. The maximum Gasteiger partial charge on any atom is 0.332 e. The van der Waals surface area contributed by atoms with Crippen LogP contribution in [0.3, 0.4) is 0 Å². The number of aliphatic carboxylic acids is 1. The molecule has 1 aromatic heterocycles. The maximum absolute atomic E-state index is 11.3. The molecule has 2 aliphatic rings. The fourth-order valence-corrected chi connectivity index (χ4v) is 3.95. The molecule has 0 aliphatic carbocycles. The number of nitrogens with zero attached hydrogens (tertiary/aromatic N) is 2. The van der Waals surface area contributed by atoms with E-state index in [9.17, 15) is 15.0 Å². The Morgan fingerprint density at radius 3 is 2.76 bits per heavy atom. The van der Waals surface area contributed by atoms with Crippen molar-refractivity contribution in [1.82, 2.24) is 9.97 Å². The van der Waals surface area contributed by atoms with Crippen LogP contribution in [0.1, 0.15) is 60.9 Å². The van der Waals surface area contributed by atoms with Crippen LogP contribution in [0.5, 0.6) is 11.5 Å². The average molecular weight is 459 g/mol. The molecule has 2 N–H and O–H groups in total. The molecule has 0 spiro atoms. The van der Waals surface area contributed by atoms with Crippen molar-refractivity contribution >= 4 is 5.97 Å². The van der Waals surface area contributed by atoms with E-state index in [0.717, 1.165) is 37.7 Å². The smallest absolute Gasteiger partial charge is 0.332 e. The van der Waals surface area contributed by atoms with Crippen molar-refractivity contribution < 1.29 is 34.0 Å². The average Bonchev–Trinajstić information content (AvgIpc) is 3.36. The molecule has 3 atom stereocenters. The van der Waals surface area contributed by atoms with Gasteiger partial charge in [-0.15, -0.1) is 0 Å². The summed E-state index contributed by atoms with van der Waals surface area (Å²) in [7, 11) is 0. The second-order valence-corrected chi connectivity index (χ2v) is 8.39. The second kappa shape index (κ2) is 10.9. The van der Waals surface area contributed by atoms with Crippen molar-refractivity contribution in [3.05, 3.63) is 47.0 Å². The van der Waals surface area contributed by atoms with Crippen LogP contribution in [0.4, 0.5) is 0 Å². The van der Waals surface area contributed by atoms with Gasteiger partial charge < -0.3 is 29.2 Å². The molecule has 178 valence electrons. The predicted octanol–water partition coefficient (Wildman–Crippen LogP) is 3.11. The van der Waals surface area contributed by atoms with Crippen molar-refractivity contribution in [1.29, 1.82) is 0 Å². The molecule has 2 saturated heterocycles. The summed E-state index contributed by atoms with van der Waals surface area (Å²) in [6.07, 6.45) is 4.32. The molecule has 0 bridgehead atoms. The number of aliphatic hydroxyl groups is 1. The highest BCUT2D eigenvalue weighted by Crippen LogP contribution is 2.32. The molecule has 0 radical (unpaired) electrons. The number of hydrogen-bond acceptors (Lipinski definition) is 8. The van der Waals surface area contributed by atoms with E-state index in [0.29, 0.717) is 41.8 Å². The highest BCUT2D eigenvalue weighted by Gasteiger charge is 2.23. The lowest BCUT2D eigenvalue weighted by Crippen LogP contribution is -2.25. The normalized spacial score (nSPS) is 21.5. The van der Waals surface area contributed by atoms with E-state index in [4.69, 9.17) is 18.9 Å². The number of carbonyl (C=O) groups is 1. The van der Waals surface area contributed by atoms with Gasteiger partial charge in [-0.3, -0.25) is 0 Å². The number of ether oxygens (including phenoxy) is 4. The van der Waals surface area contributed by atoms with Gasteiger partial charge in [0.2, 0.25) is 0 Å². The van der Waals surface area contributed by atoms with E-state index < -0.39 is 12.1 Å². The first-order chi connectivity index (χ1) is 16.0. The Bertz CT molecular complexity index is 956.